The van der Waals surface area contributed by atoms with Crippen molar-refractivity contribution in [1.29, 1.82) is 0 Å². The van der Waals surface area contributed by atoms with Crippen LogP contribution in [0.2, 0.25) is 0 Å². The van der Waals surface area contributed by atoms with Gasteiger partial charge in [-0.05, 0) is 26.7 Å². The van der Waals surface area contributed by atoms with Crippen LogP contribution < -0.4 is 9.80 Å². The van der Waals surface area contributed by atoms with Gasteiger partial charge in [-0.2, -0.15) is 4.98 Å². The minimum absolute atomic E-state index is 0.0740. The Morgan fingerprint density at radius 2 is 1.79 bits per heavy atom. The van der Waals surface area contributed by atoms with Crippen molar-refractivity contribution in [1.82, 2.24) is 14.9 Å². The monoisotopic (exact) mass is 391 g/mol. The molecule has 1 amide bonds. The van der Waals surface area contributed by atoms with Crippen LogP contribution in [0.1, 0.15) is 24.1 Å². The highest BCUT2D eigenvalue weighted by Crippen LogP contribution is 2.29. The normalized spacial score (nSPS) is 24.5. The summed E-state index contributed by atoms with van der Waals surface area (Å²) in [7, 11) is 1.89. The predicted molar refractivity (Wildman–Crippen MR) is 105 cm³/mol. The topological polar surface area (TPSA) is 99.1 Å². The molecule has 4 heterocycles. The summed E-state index contributed by atoms with van der Waals surface area (Å²) in [6, 6.07) is 0.0740. The van der Waals surface area contributed by atoms with E-state index in [0.29, 0.717) is 19.8 Å². The molecule has 3 aliphatic heterocycles. The lowest BCUT2D eigenvalue weighted by Crippen LogP contribution is -2.43. The lowest BCUT2D eigenvalue weighted by Gasteiger charge is -2.32. The fourth-order valence-corrected chi connectivity index (χ4v) is 4.04. The van der Waals surface area contributed by atoms with Crippen LogP contribution in [-0.4, -0.2) is 84.8 Å². The second-order valence-electron chi connectivity index (χ2n) is 7.60. The molecule has 28 heavy (non-hydrogen) atoms. The van der Waals surface area contributed by atoms with Crippen LogP contribution in [0.15, 0.2) is 0 Å². The molecule has 0 spiro atoms. The molecular weight excluding hydrogens is 362 g/mol. The Bertz CT molecular complexity index is 723. The zero-order chi connectivity index (χ0) is 20.3. The maximum absolute atomic E-state index is 12.6. The third kappa shape index (κ3) is 4.04. The number of carboxylic acid groups (broad SMARTS) is 1. The van der Waals surface area contributed by atoms with Gasteiger partial charge in [-0.1, -0.05) is 0 Å². The summed E-state index contributed by atoms with van der Waals surface area (Å²) in [6.45, 7) is 8.46. The highest BCUT2D eigenvalue weighted by atomic mass is 16.5. The first-order valence-electron chi connectivity index (χ1n) is 9.73. The molecule has 9 heteroatoms. The lowest BCUT2D eigenvalue weighted by molar-refractivity contribution is -0.133. The van der Waals surface area contributed by atoms with E-state index in [9.17, 15) is 4.79 Å². The first-order valence-corrected chi connectivity index (χ1v) is 9.73. The molecule has 4 rings (SSSR count). The van der Waals surface area contributed by atoms with E-state index in [1.807, 2.05) is 11.9 Å². The average Bonchev–Trinajstić information content (AvgIpc) is 3.11. The maximum Gasteiger partial charge on any atom is 0.290 e. The Morgan fingerprint density at radius 3 is 2.46 bits per heavy atom. The smallest absolute Gasteiger partial charge is 0.290 e. The van der Waals surface area contributed by atoms with E-state index in [-0.39, 0.29) is 24.3 Å². The lowest BCUT2D eigenvalue weighted by atomic mass is 10.1. The number of carbonyl (C=O) groups excluding carboxylic acids is 1. The number of hydrogen-bond acceptors (Lipinski definition) is 7. The molecule has 3 aliphatic rings. The van der Waals surface area contributed by atoms with Gasteiger partial charge in [0, 0.05) is 44.5 Å². The van der Waals surface area contributed by atoms with Crippen molar-refractivity contribution in [2.24, 2.45) is 5.92 Å². The standard InChI is InChI=1S/C18H27N5O2.CH2O2/c1-12-13(2)19-18(22-6-4-5-7-22)20-16(12)23-8-14-10-25-11-15(9-23)21(3)17(14)24;2-1-3/h14-15H,4-11H2,1-3H3;1H,(H,2,3)/t14-,15+;/m1./s1. The van der Waals surface area contributed by atoms with Crippen LogP contribution in [0.25, 0.3) is 0 Å². The van der Waals surface area contributed by atoms with Crippen LogP contribution in [-0.2, 0) is 14.3 Å². The Labute approximate surface area is 165 Å². The second kappa shape index (κ2) is 8.72. The number of aryl methyl sites for hydroxylation is 1. The summed E-state index contributed by atoms with van der Waals surface area (Å²) < 4.78 is 5.72. The van der Waals surface area contributed by atoms with Crippen LogP contribution >= 0.6 is 0 Å². The Hall–Kier alpha value is -2.42. The van der Waals surface area contributed by atoms with Crippen LogP contribution in [0.4, 0.5) is 11.8 Å². The first-order chi connectivity index (χ1) is 13.5. The quantitative estimate of drug-likeness (QED) is 0.735. The third-order valence-corrected chi connectivity index (χ3v) is 5.79. The number of aromatic nitrogens is 2. The van der Waals surface area contributed by atoms with Crippen LogP contribution in [0.5, 0.6) is 0 Å². The van der Waals surface area contributed by atoms with Gasteiger partial charge in [0.1, 0.15) is 5.82 Å². The molecule has 3 saturated heterocycles. The number of rotatable bonds is 2. The van der Waals surface area contributed by atoms with Crippen molar-refractivity contribution < 1.29 is 19.4 Å². The van der Waals surface area contributed by atoms with Crippen molar-refractivity contribution in [2.75, 3.05) is 56.2 Å². The zero-order valence-corrected chi connectivity index (χ0v) is 16.8. The van der Waals surface area contributed by atoms with E-state index < -0.39 is 0 Å². The molecule has 1 aromatic heterocycles. The summed E-state index contributed by atoms with van der Waals surface area (Å²) in [5.74, 6) is 1.88. The number of hydrogen-bond donors (Lipinski definition) is 1. The first kappa shape index (κ1) is 20.3. The molecule has 0 radical (unpaired) electrons. The summed E-state index contributed by atoms with van der Waals surface area (Å²) >= 11 is 0. The van der Waals surface area contributed by atoms with E-state index >= 15 is 0 Å². The van der Waals surface area contributed by atoms with E-state index in [4.69, 9.17) is 24.6 Å². The predicted octanol–water partition coefficient (Wildman–Crippen LogP) is 0.688. The molecule has 0 aromatic carbocycles. The number of fused-ring (bicyclic) bond motifs is 3. The molecule has 154 valence electrons. The fraction of sp³-hybridized carbons (Fsp3) is 0.684. The highest BCUT2D eigenvalue weighted by molar-refractivity contribution is 5.81. The summed E-state index contributed by atoms with van der Waals surface area (Å²) in [5.41, 5.74) is 2.14. The molecule has 2 bridgehead atoms. The minimum atomic E-state index is -0.250. The fourth-order valence-electron chi connectivity index (χ4n) is 4.04. The molecule has 0 saturated carbocycles. The van der Waals surface area contributed by atoms with E-state index in [1.54, 1.807) is 0 Å². The average molecular weight is 391 g/mol. The van der Waals surface area contributed by atoms with Gasteiger partial charge in [-0.15, -0.1) is 0 Å². The van der Waals surface area contributed by atoms with Gasteiger partial charge in [0.15, 0.2) is 0 Å². The second-order valence-corrected chi connectivity index (χ2v) is 7.60. The molecule has 1 N–H and O–H groups in total. The Kier molecular flexibility index (Phi) is 6.33. The van der Waals surface area contributed by atoms with Crippen molar-refractivity contribution in [3.05, 3.63) is 11.3 Å². The van der Waals surface area contributed by atoms with Gasteiger partial charge < -0.3 is 24.5 Å². The molecule has 1 aromatic rings. The van der Waals surface area contributed by atoms with Crippen molar-refractivity contribution in [3.8, 4) is 0 Å². The number of nitrogens with zero attached hydrogens (tertiary/aromatic N) is 5. The SMILES string of the molecule is Cc1nc(N2CCCC2)nc(N2C[C@@H]3COC[C@H](C2)N(C)C3=O)c1C.O=CO. The maximum atomic E-state index is 12.6. The molecule has 0 aliphatic carbocycles. The molecule has 2 atom stereocenters. The van der Waals surface area contributed by atoms with E-state index in [1.165, 1.54) is 12.8 Å². The molecule has 9 nitrogen and oxygen atoms in total. The largest absolute Gasteiger partial charge is 0.483 e. The van der Waals surface area contributed by atoms with Crippen molar-refractivity contribution in [2.45, 2.75) is 32.7 Å². The summed E-state index contributed by atoms with van der Waals surface area (Å²) in [5, 5.41) is 6.89. The van der Waals surface area contributed by atoms with Crippen LogP contribution in [0.3, 0.4) is 0 Å². The van der Waals surface area contributed by atoms with Crippen molar-refractivity contribution >= 4 is 24.1 Å². The van der Waals surface area contributed by atoms with E-state index in [0.717, 1.165) is 42.7 Å². The van der Waals surface area contributed by atoms with Gasteiger partial charge in [0.25, 0.3) is 6.47 Å². The number of carbonyl (C=O) groups is 2. The van der Waals surface area contributed by atoms with E-state index in [2.05, 4.69) is 23.6 Å². The molecule has 3 fully saturated rings. The number of ether oxygens (including phenoxy) is 1. The summed E-state index contributed by atoms with van der Waals surface area (Å²) in [4.78, 5) is 37.0. The zero-order valence-electron chi connectivity index (χ0n) is 16.8. The van der Waals surface area contributed by atoms with Gasteiger partial charge >= 0.3 is 0 Å². The number of likely N-dealkylation sites (N-methyl/N-ethyl adjacent to an activating group) is 1. The minimum Gasteiger partial charge on any atom is -0.483 e. The van der Waals surface area contributed by atoms with Gasteiger partial charge in [0.05, 0.1) is 25.2 Å². The van der Waals surface area contributed by atoms with Gasteiger partial charge in [-0.25, -0.2) is 4.98 Å². The summed E-state index contributed by atoms with van der Waals surface area (Å²) in [6.07, 6.45) is 2.41. The Morgan fingerprint density at radius 1 is 1.11 bits per heavy atom. The highest BCUT2D eigenvalue weighted by Gasteiger charge is 2.38. The third-order valence-electron chi connectivity index (χ3n) is 5.79. The van der Waals surface area contributed by atoms with Gasteiger partial charge in [0.2, 0.25) is 11.9 Å². The van der Waals surface area contributed by atoms with Gasteiger partial charge in [-0.3, -0.25) is 9.59 Å². The van der Waals surface area contributed by atoms with Crippen LogP contribution in [0, 0.1) is 19.8 Å². The van der Waals surface area contributed by atoms with Crippen molar-refractivity contribution in [3.63, 3.8) is 0 Å². The Balaban J connectivity index is 0.000000706. The molecule has 0 unspecified atom stereocenters. The number of amides is 1. The number of anilines is 2. The molecular formula is C19H29N5O4.